The molecule has 112 valence electrons. The molecule has 1 saturated heterocycles. The summed E-state index contributed by atoms with van der Waals surface area (Å²) < 4.78 is 5.41. The number of nitrogen functional groups attached to an aromatic ring is 1. The fraction of sp³-hybridized carbons (Fsp3) is 0.250. The average molecular weight is 295 g/mol. The lowest BCUT2D eigenvalue weighted by Gasteiger charge is -2.29. The molecule has 22 heavy (non-hydrogen) atoms. The van der Waals surface area contributed by atoms with Crippen LogP contribution in [0, 0.1) is 0 Å². The first kappa shape index (κ1) is 13.1. The summed E-state index contributed by atoms with van der Waals surface area (Å²) in [6.45, 7) is 3.24. The zero-order valence-electron chi connectivity index (χ0n) is 12.1. The summed E-state index contributed by atoms with van der Waals surface area (Å²) in [4.78, 5) is 14.2. The van der Waals surface area contributed by atoms with Crippen molar-refractivity contribution in [1.29, 1.82) is 0 Å². The van der Waals surface area contributed by atoms with Crippen LogP contribution >= 0.6 is 0 Å². The third-order valence-corrected chi connectivity index (χ3v) is 3.94. The molecule has 4 heterocycles. The maximum Gasteiger partial charge on any atom is 0.137 e. The Hall–Kier alpha value is -2.60. The van der Waals surface area contributed by atoms with E-state index in [0.29, 0.717) is 5.82 Å². The zero-order chi connectivity index (χ0) is 14.9. The van der Waals surface area contributed by atoms with E-state index in [1.54, 1.807) is 6.20 Å². The van der Waals surface area contributed by atoms with E-state index in [2.05, 4.69) is 25.9 Å². The second kappa shape index (κ2) is 5.31. The molecule has 1 aliphatic heterocycles. The fourth-order valence-corrected chi connectivity index (χ4v) is 2.86. The van der Waals surface area contributed by atoms with Crippen molar-refractivity contribution in [1.82, 2.24) is 15.0 Å². The van der Waals surface area contributed by atoms with Crippen LogP contribution in [0.4, 0.5) is 11.5 Å². The van der Waals surface area contributed by atoms with Crippen LogP contribution in [0.2, 0.25) is 0 Å². The van der Waals surface area contributed by atoms with Crippen molar-refractivity contribution in [2.75, 3.05) is 36.9 Å². The molecule has 1 fully saturated rings. The number of aromatic nitrogens is 3. The van der Waals surface area contributed by atoms with Crippen molar-refractivity contribution in [3.05, 3.63) is 36.7 Å². The van der Waals surface area contributed by atoms with Crippen LogP contribution in [0.5, 0.6) is 0 Å². The molecular formula is C16H17N5O. The van der Waals surface area contributed by atoms with Crippen molar-refractivity contribution in [3.63, 3.8) is 0 Å². The Morgan fingerprint density at radius 2 is 2.05 bits per heavy atom. The van der Waals surface area contributed by atoms with Crippen molar-refractivity contribution < 1.29 is 4.74 Å². The summed E-state index contributed by atoms with van der Waals surface area (Å²) in [6.07, 6.45) is 3.67. The quantitative estimate of drug-likeness (QED) is 0.756. The molecule has 0 aromatic carbocycles. The number of anilines is 2. The number of fused-ring (bicyclic) bond motifs is 1. The first-order valence-electron chi connectivity index (χ1n) is 7.34. The number of hydrogen-bond acceptors (Lipinski definition) is 5. The van der Waals surface area contributed by atoms with Gasteiger partial charge in [-0.2, -0.15) is 0 Å². The largest absolute Gasteiger partial charge is 0.384 e. The fourth-order valence-electron chi connectivity index (χ4n) is 2.86. The Morgan fingerprint density at radius 1 is 1.18 bits per heavy atom. The molecule has 1 aliphatic rings. The Bertz CT molecular complexity index is 807. The summed E-state index contributed by atoms with van der Waals surface area (Å²) >= 11 is 0. The van der Waals surface area contributed by atoms with Crippen molar-refractivity contribution in [2.45, 2.75) is 0 Å². The Balaban J connectivity index is 1.81. The highest BCUT2D eigenvalue weighted by atomic mass is 16.5. The summed E-state index contributed by atoms with van der Waals surface area (Å²) in [5.74, 6) is 0.527. The Labute approximate surface area is 127 Å². The maximum absolute atomic E-state index is 6.03. The van der Waals surface area contributed by atoms with E-state index in [0.717, 1.165) is 54.3 Å². The number of aromatic amines is 1. The van der Waals surface area contributed by atoms with Crippen molar-refractivity contribution >= 4 is 22.5 Å². The maximum atomic E-state index is 6.03. The van der Waals surface area contributed by atoms with Gasteiger partial charge in [-0.1, -0.05) is 0 Å². The molecule has 3 N–H and O–H groups in total. The van der Waals surface area contributed by atoms with Crippen LogP contribution in [0.3, 0.4) is 0 Å². The molecule has 3 aromatic rings. The highest BCUT2D eigenvalue weighted by molar-refractivity contribution is 5.92. The number of pyridine rings is 2. The smallest absolute Gasteiger partial charge is 0.137 e. The molecular weight excluding hydrogens is 278 g/mol. The summed E-state index contributed by atoms with van der Waals surface area (Å²) in [7, 11) is 0. The van der Waals surface area contributed by atoms with Gasteiger partial charge in [0.15, 0.2) is 0 Å². The van der Waals surface area contributed by atoms with Crippen molar-refractivity contribution in [3.8, 4) is 11.3 Å². The number of nitrogens with one attached hydrogen (secondary N) is 1. The number of nitrogens with zero attached hydrogens (tertiary/aromatic N) is 3. The molecule has 0 atom stereocenters. The molecule has 6 nitrogen and oxygen atoms in total. The number of morpholine rings is 1. The minimum atomic E-state index is 0.527. The highest BCUT2D eigenvalue weighted by Crippen LogP contribution is 2.30. The Kier molecular flexibility index (Phi) is 3.16. The van der Waals surface area contributed by atoms with Gasteiger partial charge in [0.25, 0.3) is 0 Å². The number of nitrogens with two attached hydrogens (primary N) is 1. The molecule has 0 spiro atoms. The van der Waals surface area contributed by atoms with Crippen LogP contribution in [0.25, 0.3) is 22.3 Å². The minimum absolute atomic E-state index is 0.527. The lowest BCUT2D eigenvalue weighted by atomic mass is 10.1. The van der Waals surface area contributed by atoms with E-state index in [4.69, 9.17) is 10.5 Å². The minimum Gasteiger partial charge on any atom is -0.384 e. The lowest BCUT2D eigenvalue weighted by molar-refractivity contribution is 0.122. The third kappa shape index (κ3) is 2.27. The van der Waals surface area contributed by atoms with E-state index < -0.39 is 0 Å². The molecule has 0 aliphatic carbocycles. The standard InChI is InChI=1S/C16H17N5O/c17-15-10-11(21-5-7-22-8-6-21)9-14(20-15)12-1-3-18-16-13(12)2-4-19-16/h1-4,9-10H,5-8H2,(H2,17,20)(H,18,19). The summed E-state index contributed by atoms with van der Waals surface area (Å²) in [5.41, 5.74) is 9.88. The van der Waals surface area contributed by atoms with Gasteiger partial charge >= 0.3 is 0 Å². The van der Waals surface area contributed by atoms with Gasteiger partial charge in [0, 0.05) is 48.2 Å². The van der Waals surface area contributed by atoms with Gasteiger partial charge in [-0.05, 0) is 18.2 Å². The number of H-pyrrole nitrogens is 1. The normalized spacial score (nSPS) is 15.4. The van der Waals surface area contributed by atoms with E-state index in [1.807, 2.05) is 24.4 Å². The molecule has 3 aromatic heterocycles. The molecule has 6 heteroatoms. The molecule has 0 amide bonds. The lowest BCUT2D eigenvalue weighted by Crippen LogP contribution is -2.36. The van der Waals surface area contributed by atoms with Gasteiger partial charge in [0.2, 0.25) is 0 Å². The number of rotatable bonds is 2. The zero-order valence-corrected chi connectivity index (χ0v) is 12.1. The SMILES string of the molecule is Nc1cc(N2CCOCC2)cc(-c2ccnc3[nH]ccc23)n1. The molecule has 0 bridgehead atoms. The van der Waals surface area contributed by atoms with Crippen LogP contribution in [0.1, 0.15) is 0 Å². The molecule has 0 radical (unpaired) electrons. The topological polar surface area (TPSA) is 80.1 Å². The monoisotopic (exact) mass is 295 g/mol. The number of hydrogen-bond donors (Lipinski definition) is 2. The number of ether oxygens (including phenoxy) is 1. The van der Waals surface area contributed by atoms with Gasteiger partial charge in [0.05, 0.1) is 18.9 Å². The molecule has 0 unspecified atom stereocenters. The predicted molar refractivity (Wildman–Crippen MR) is 86.8 cm³/mol. The van der Waals surface area contributed by atoms with Gasteiger partial charge in [-0.15, -0.1) is 0 Å². The van der Waals surface area contributed by atoms with Gasteiger partial charge in [0.1, 0.15) is 11.5 Å². The van der Waals surface area contributed by atoms with E-state index in [1.165, 1.54) is 0 Å². The highest BCUT2D eigenvalue weighted by Gasteiger charge is 2.14. The van der Waals surface area contributed by atoms with Crippen LogP contribution < -0.4 is 10.6 Å². The first-order chi connectivity index (χ1) is 10.8. The first-order valence-corrected chi connectivity index (χ1v) is 7.34. The molecule has 0 saturated carbocycles. The third-order valence-electron chi connectivity index (χ3n) is 3.94. The van der Waals surface area contributed by atoms with Gasteiger partial charge in [-0.3, -0.25) is 0 Å². The second-order valence-electron chi connectivity index (χ2n) is 5.33. The Morgan fingerprint density at radius 3 is 2.91 bits per heavy atom. The predicted octanol–water partition coefficient (Wildman–Crippen LogP) is 2.04. The van der Waals surface area contributed by atoms with Crippen LogP contribution in [-0.2, 0) is 4.74 Å². The van der Waals surface area contributed by atoms with Gasteiger partial charge < -0.3 is 20.4 Å². The summed E-state index contributed by atoms with van der Waals surface area (Å²) in [6, 6.07) is 7.99. The molecule has 4 rings (SSSR count). The van der Waals surface area contributed by atoms with E-state index in [-0.39, 0.29) is 0 Å². The van der Waals surface area contributed by atoms with Gasteiger partial charge in [-0.25, -0.2) is 9.97 Å². The van der Waals surface area contributed by atoms with Crippen LogP contribution in [0.15, 0.2) is 36.7 Å². The van der Waals surface area contributed by atoms with E-state index in [9.17, 15) is 0 Å². The van der Waals surface area contributed by atoms with E-state index >= 15 is 0 Å². The van der Waals surface area contributed by atoms with Crippen LogP contribution in [-0.4, -0.2) is 41.3 Å². The average Bonchev–Trinajstić information content (AvgIpc) is 3.03. The summed E-state index contributed by atoms with van der Waals surface area (Å²) in [5, 5.41) is 1.05. The van der Waals surface area contributed by atoms with Crippen molar-refractivity contribution in [2.24, 2.45) is 0 Å². The second-order valence-corrected chi connectivity index (χ2v) is 5.33.